The first-order valence-corrected chi connectivity index (χ1v) is 4.24. The van der Waals surface area contributed by atoms with E-state index in [1.807, 2.05) is 0 Å². The van der Waals surface area contributed by atoms with E-state index in [2.05, 4.69) is 0 Å². The number of carbonyl (C=O) groups is 2. The molecule has 5 heteroatoms. The fourth-order valence-electron chi connectivity index (χ4n) is 1.62. The first-order valence-electron chi connectivity index (χ1n) is 4.24. The van der Waals surface area contributed by atoms with Crippen molar-refractivity contribution in [2.75, 3.05) is 19.8 Å². The number of rotatable bonds is 2. The molecule has 1 heterocycles. The van der Waals surface area contributed by atoms with Gasteiger partial charge in [0.1, 0.15) is 13.2 Å². The first-order chi connectivity index (χ1) is 6.19. The molecule has 0 aromatic heterocycles. The third-order valence-electron chi connectivity index (χ3n) is 2.55. The second-order valence-corrected chi connectivity index (χ2v) is 3.50. The predicted molar refractivity (Wildman–Crippen MR) is 41.7 cm³/mol. The fourth-order valence-corrected chi connectivity index (χ4v) is 1.62. The Morgan fingerprint density at radius 2 is 1.85 bits per heavy atom. The summed E-state index contributed by atoms with van der Waals surface area (Å²) in [6.07, 6.45) is 1.42. The number of aliphatic hydroxyl groups is 1. The van der Waals surface area contributed by atoms with Gasteiger partial charge in [0.2, 0.25) is 0 Å². The minimum Gasteiger partial charge on any atom is -0.394 e. The molecule has 0 unspecified atom stereocenters. The first kappa shape index (κ1) is 8.65. The molecule has 5 nitrogen and oxygen atoms in total. The van der Waals surface area contributed by atoms with Crippen LogP contribution < -0.4 is 0 Å². The van der Waals surface area contributed by atoms with Crippen LogP contribution in [0.25, 0.3) is 0 Å². The zero-order valence-corrected chi connectivity index (χ0v) is 7.15. The number of carbonyl (C=O) groups excluding carboxylic acids is 2. The van der Waals surface area contributed by atoms with Crippen LogP contribution in [0.2, 0.25) is 0 Å². The number of nitrogens with zero attached hydrogens (tertiary/aromatic N) is 1. The Morgan fingerprint density at radius 1 is 1.31 bits per heavy atom. The summed E-state index contributed by atoms with van der Waals surface area (Å²) in [5.41, 5.74) is -0.585. The molecule has 0 radical (unpaired) electrons. The second kappa shape index (κ2) is 2.78. The molecule has 1 N–H and O–H groups in total. The van der Waals surface area contributed by atoms with Gasteiger partial charge in [-0.15, -0.1) is 0 Å². The summed E-state index contributed by atoms with van der Waals surface area (Å²) in [6, 6.07) is 0. The molecule has 0 aromatic rings. The summed E-state index contributed by atoms with van der Waals surface area (Å²) < 4.78 is 4.77. The molecule has 13 heavy (non-hydrogen) atoms. The lowest BCUT2D eigenvalue weighted by Gasteiger charge is -2.31. The van der Waals surface area contributed by atoms with E-state index in [0.29, 0.717) is 12.8 Å². The second-order valence-electron chi connectivity index (χ2n) is 3.50. The minimum absolute atomic E-state index is 0.0481. The van der Waals surface area contributed by atoms with E-state index in [4.69, 9.17) is 9.84 Å². The Morgan fingerprint density at radius 3 is 2.23 bits per heavy atom. The van der Waals surface area contributed by atoms with E-state index in [1.54, 1.807) is 0 Å². The van der Waals surface area contributed by atoms with Gasteiger partial charge in [-0.05, 0) is 12.8 Å². The van der Waals surface area contributed by atoms with Gasteiger partial charge in [0.25, 0.3) is 11.8 Å². The molecule has 1 saturated carbocycles. The summed E-state index contributed by atoms with van der Waals surface area (Å²) in [7, 11) is 0. The van der Waals surface area contributed by atoms with Crippen LogP contribution in [0.15, 0.2) is 0 Å². The molecular formula is C8H11NO4. The van der Waals surface area contributed by atoms with Crippen molar-refractivity contribution in [3.8, 4) is 0 Å². The van der Waals surface area contributed by atoms with Crippen LogP contribution >= 0.6 is 0 Å². The van der Waals surface area contributed by atoms with Gasteiger partial charge < -0.3 is 9.84 Å². The third kappa shape index (κ3) is 1.24. The third-order valence-corrected chi connectivity index (χ3v) is 2.55. The van der Waals surface area contributed by atoms with Gasteiger partial charge in [-0.2, -0.15) is 0 Å². The highest BCUT2D eigenvalue weighted by Gasteiger charge is 2.53. The Labute approximate surface area is 75.3 Å². The summed E-state index contributed by atoms with van der Waals surface area (Å²) >= 11 is 0. The van der Waals surface area contributed by atoms with Crippen LogP contribution in [-0.2, 0) is 14.3 Å². The zero-order valence-electron chi connectivity index (χ0n) is 7.15. The highest BCUT2D eigenvalue weighted by molar-refractivity contribution is 5.99. The number of hydrogen-bond donors (Lipinski definition) is 1. The monoisotopic (exact) mass is 185 g/mol. The molecule has 0 bridgehead atoms. The number of amides is 2. The van der Waals surface area contributed by atoms with Crippen molar-refractivity contribution in [1.29, 1.82) is 0 Å². The maximum Gasteiger partial charge on any atom is 0.255 e. The van der Waals surface area contributed by atoms with Crippen LogP contribution in [0.5, 0.6) is 0 Å². The van der Waals surface area contributed by atoms with Crippen molar-refractivity contribution >= 4 is 11.8 Å². The molecule has 2 rings (SSSR count). The zero-order chi connectivity index (χ0) is 9.47. The van der Waals surface area contributed by atoms with Gasteiger partial charge in [0.15, 0.2) is 0 Å². The molecule has 2 amide bonds. The molecule has 2 aliphatic rings. The van der Waals surface area contributed by atoms with Crippen molar-refractivity contribution in [1.82, 2.24) is 4.90 Å². The van der Waals surface area contributed by atoms with Crippen LogP contribution in [0, 0.1) is 0 Å². The molecule has 72 valence electrons. The molecule has 2 fully saturated rings. The van der Waals surface area contributed by atoms with Gasteiger partial charge in [-0.1, -0.05) is 0 Å². The summed E-state index contributed by atoms with van der Waals surface area (Å²) in [5, 5.41) is 9.06. The summed E-state index contributed by atoms with van der Waals surface area (Å²) in [4.78, 5) is 23.8. The summed E-state index contributed by atoms with van der Waals surface area (Å²) in [6.45, 7) is -0.231. The average molecular weight is 185 g/mol. The lowest BCUT2D eigenvalue weighted by atomic mass is 10.2. The van der Waals surface area contributed by atoms with Crippen LogP contribution in [0.4, 0.5) is 0 Å². The molecule has 1 saturated heterocycles. The number of hydrogen-bond acceptors (Lipinski definition) is 4. The quantitative estimate of drug-likeness (QED) is 0.554. The highest BCUT2D eigenvalue weighted by atomic mass is 16.5. The van der Waals surface area contributed by atoms with Gasteiger partial charge in [0, 0.05) is 0 Å². The molecule has 0 aromatic carbocycles. The van der Waals surface area contributed by atoms with Crippen molar-refractivity contribution in [2.24, 2.45) is 0 Å². The smallest absolute Gasteiger partial charge is 0.255 e. The normalized spacial score (nSPS) is 26.4. The van der Waals surface area contributed by atoms with Gasteiger partial charge in [-0.3, -0.25) is 14.5 Å². The average Bonchev–Trinajstić information content (AvgIpc) is 2.85. The Hall–Kier alpha value is -0.940. The Kier molecular flexibility index (Phi) is 1.85. The SMILES string of the molecule is O=C1COCC(=O)N1C1(CO)CC1. The van der Waals surface area contributed by atoms with Crippen molar-refractivity contribution in [2.45, 2.75) is 18.4 Å². The predicted octanol–water partition coefficient (Wildman–Crippen LogP) is -1.10. The van der Waals surface area contributed by atoms with Crippen LogP contribution in [0.3, 0.4) is 0 Å². The number of imide groups is 1. The topological polar surface area (TPSA) is 66.8 Å². The number of ether oxygens (including phenoxy) is 1. The minimum atomic E-state index is -0.585. The molecule has 0 spiro atoms. The van der Waals surface area contributed by atoms with E-state index >= 15 is 0 Å². The van der Waals surface area contributed by atoms with Crippen molar-refractivity contribution in [3.63, 3.8) is 0 Å². The van der Waals surface area contributed by atoms with Crippen molar-refractivity contribution < 1.29 is 19.4 Å². The van der Waals surface area contributed by atoms with E-state index in [-0.39, 0.29) is 31.6 Å². The molecule has 0 atom stereocenters. The largest absolute Gasteiger partial charge is 0.394 e. The van der Waals surface area contributed by atoms with Gasteiger partial charge >= 0.3 is 0 Å². The van der Waals surface area contributed by atoms with E-state index in [1.165, 1.54) is 4.90 Å². The summed E-state index contributed by atoms with van der Waals surface area (Å²) in [5.74, 6) is -0.661. The number of aliphatic hydroxyl groups excluding tert-OH is 1. The van der Waals surface area contributed by atoms with Crippen LogP contribution in [-0.4, -0.2) is 47.2 Å². The number of morpholine rings is 1. The lowest BCUT2D eigenvalue weighted by Crippen LogP contribution is -2.54. The molecular weight excluding hydrogens is 174 g/mol. The lowest BCUT2D eigenvalue weighted by molar-refractivity contribution is -0.163. The highest BCUT2D eigenvalue weighted by Crippen LogP contribution is 2.41. The van der Waals surface area contributed by atoms with Gasteiger partial charge in [0.05, 0.1) is 12.1 Å². The van der Waals surface area contributed by atoms with E-state index in [0.717, 1.165) is 0 Å². The van der Waals surface area contributed by atoms with Crippen LogP contribution in [0.1, 0.15) is 12.8 Å². The fraction of sp³-hybridized carbons (Fsp3) is 0.750. The maximum absolute atomic E-state index is 11.3. The molecule has 1 aliphatic heterocycles. The standard InChI is InChI=1S/C8H11NO4/c10-5-8(1-2-8)9-6(11)3-13-4-7(9)12/h10H,1-5H2. The molecule has 1 aliphatic carbocycles. The maximum atomic E-state index is 11.3. The Bertz CT molecular complexity index is 243. The van der Waals surface area contributed by atoms with Crippen molar-refractivity contribution in [3.05, 3.63) is 0 Å². The van der Waals surface area contributed by atoms with Gasteiger partial charge in [-0.25, -0.2) is 0 Å². The Balaban J connectivity index is 2.19. The van der Waals surface area contributed by atoms with E-state index in [9.17, 15) is 9.59 Å². The van der Waals surface area contributed by atoms with E-state index < -0.39 is 5.54 Å².